The second kappa shape index (κ2) is 6.43. The number of nitrogen functional groups attached to an aromatic ring is 1. The number of anilines is 2. The first-order chi connectivity index (χ1) is 9.90. The first-order valence-electron chi connectivity index (χ1n) is 7.54. The van der Waals surface area contributed by atoms with Gasteiger partial charge in [-0.15, -0.1) is 0 Å². The molecule has 0 bridgehead atoms. The average molecular weight is 294 g/mol. The van der Waals surface area contributed by atoms with E-state index in [0.717, 1.165) is 32.6 Å². The normalized spacial score (nSPS) is 17.0. The number of hydrogen-bond acceptors (Lipinski definition) is 7. The molecular formula is C14H26N6O. The van der Waals surface area contributed by atoms with Crippen LogP contribution in [0.5, 0.6) is 6.01 Å². The lowest BCUT2D eigenvalue weighted by atomic mass is 10.1. The van der Waals surface area contributed by atoms with Crippen molar-refractivity contribution >= 4 is 11.9 Å². The van der Waals surface area contributed by atoms with Gasteiger partial charge in [0.05, 0.1) is 6.61 Å². The fourth-order valence-corrected chi connectivity index (χ4v) is 2.34. The lowest BCUT2D eigenvalue weighted by Gasteiger charge is -2.42. The summed E-state index contributed by atoms with van der Waals surface area (Å²) in [6, 6.07) is 0.317. The van der Waals surface area contributed by atoms with Crippen LogP contribution in [0.3, 0.4) is 0 Å². The van der Waals surface area contributed by atoms with Crippen molar-refractivity contribution in [2.75, 3.05) is 43.4 Å². The third kappa shape index (κ3) is 4.17. The van der Waals surface area contributed by atoms with Crippen LogP contribution in [0.25, 0.3) is 0 Å². The Labute approximate surface area is 126 Å². The zero-order valence-corrected chi connectivity index (χ0v) is 13.5. The van der Waals surface area contributed by atoms with Crippen LogP contribution in [0.15, 0.2) is 0 Å². The van der Waals surface area contributed by atoms with Gasteiger partial charge in [-0.25, -0.2) is 0 Å². The molecule has 1 aliphatic heterocycles. The monoisotopic (exact) mass is 294 g/mol. The van der Waals surface area contributed by atoms with E-state index < -0.39 is 0 Å². The van der Waals surface area contributed by atoms with Gasteiger partial charge in [0.15, 0.2) is 0 Å². The smallest absolute Gasteiger partial charge is 0.323 e. The average Bonchev–Trinajstić information content (AvgIpc) is 2.44. The quantitative estimate of drug-likeness (QED) is 0.892. The maximum atomic E-state index is 5.76. The number of ether oxygens (including phenoxy) is 1. The van der Waals surface area contributed by atoms with Gasteiger partial charge in [-0.3, -0.25) is 4.90 Å². The minimum absolute atomic E-state index is 0.194. The van der Waals surface area contributed by atoms with Crippen molar-refractivity contribution in [1.82, 2.24) is 19.9 Å². The fraction of sp³-hybridized carbons (Fsp3) is 0.786. The van der Waals surface area contributed by atoms with Crippen molar-refractivity contribution in [1.29, 1.82) is 0 Å². The van der Waals surface area contributed by atoms with Gasteiger partial charge in [-0.2, -0.15) is 15.0 Å². The highest BCUT2D eigenvalue weighted by molar-refractivity contribution is 5.36. The maximum absolute atomic E-state index is 5.76. The van der Waals surface area contributed by atoms with Crippen molar-refractivity contribution in [3.05, 3.63) is 0 Å². The zero-order chi connectivity index (χ0) is 15.5. The van der Waals surface area contributed by atoms with Gasteiger partial charge in [0, 0.05) is 31.7 Å². The summed E-state index contributed by atoms with van der Waals surface area (Å²) in [5, 5.41) is 0. The minimum atomic E-state index is 0.194. The Morgan fingerprint density at radius 2 is 1.76 bits per heavy atom. The summed E-state index contributed by atoms with van der Waals surface area (Å²) < 4.78 is 5.46. The van der Waals surface area contributed by atoms with E-state index in [0.29, 0.717) is 18.6 Å². The zero-order valence-electron chi connectivity index (χ0n) is 13.5. The number of rotatable bonds is 4. The summed E-state index contributed by atoms with van der Waals surface area (Å²) in [7, 11) is 0. The molecule has 0 saturated carbocycles. The highest BCUT2D eigenvalue weighted by atomic mass is 16.5. The Bertz CT molecular complexity index is 465. The van der Waals surface area contributed by atoms with E-state index in [9.17, 15) is 0 Å². The molecule has 1 fully saturated rings. The lowest BCUT2D eigenvalue weighted by Crippen LogP contribution is -2.53. The SMILES string of the molecule is CCCOc1nc(N)nc(N2CCN(C(C)(C)C)CC2)n1. The van der Waals surface area contributed by atoms with Crippen molar-refractivity contribution in [2.45, 2.75) is 39.7 Å². The Kier molecular flexibility index (Phi) is 4.82. The van der Waals surface area contributed by atoms with Gasteiger partial charge >= 0.3 is 6.01 Å². The molecular weight excluding hydrogens is 268 g/mol. The van der Waals surface area contributed by atoms with Crippen molar-refractivity contribution in [2.24, 2.45) is 0 Å². The standard InChI is InChI=1S/C14H26N6O/c1-5-10-21-13-17-11(15)16-12(18-13)19-6-8-20(9-7-19)14(2,3)4/h5-10H2,1-4H3,(H2,15,16,17,18). The van der Waals surface area contributed by atoms with Crippen LogP contribution >= 0.6 is 0 Å². The summed E-state index contributed by atoms with van der Waals surface area (Å²) in [5.74, 6) is 0.825. The Morgan fingerprint density at radius 3 is 2.33 bits per heavy atom. The fourth-order valence-electron chi connectivity index (χ4n) is 2.34. The molecule has 1 saturated heterocycles. The molecule has 2 rings (SSSR count). The Balaban J connectivity index is 2.04. The molecule has 7 heteroatoms. The number of nitrogens with zero attached hydrogens (tertiary/aromatic N) is 5. The molecule has 21 heavy (non-hydrogen) atoms. The summed E-state index contributed by atoms with van der Waals surface area (Å²) in [6.07, 6.45) is 0.908. The highest BCUT2D eigenvalue weighted by Gasteiger charge is 2.27. The van der Waals surface area contributed by atoms with Gasteiger partial charge in [-0.05, 0) is 27.2 Å². The first kappa shape index (κ1) is 15.8. The van der Waals surface area contributed by atoms with E-state index >= 15 is 0 Å². The van der Waals surface area contributed by atoms with Crippen LogP contribution in [0.2, 0.25) is 0 Å². The summed E-state index contributed by atoms with van der Waals surface area (Å²) in [5.41, 5.74) is 5.95. The largest absolute Gasteiger partial charge is 0.463 e. The molecule has 2 heterocycles. The molecule has 2 N–H and O–H groups in total. The van der Waals surface area contributed by atoms with Crippen LogP contribution in [0, 0.1) is 0 Å². The molecule has 118 valence electrons. The molecule has 1 aliphatic rings. The number of aromatic nitrogens is 3. The highest BCUT2D eigenvalue weighted by Crippen LogP contribution is 2.19. The van der Waals surface area contributed by atoms with Crippen LogP contribution in [0.4, 0.5) is 11.9 Å². The van der Waals surface area contributed by atoms with E-state index in [1.807, 2.05) is 6.92 Å². The lowest BCUT2D eigenvalue weighted by molar-refractivity contribution is 0.128. The molecule has 0 aromatic carbocycles. The van der Waals surface area contributed by atoms with Crippen LogP contribution in [-0.4, -0.2) is 58.2 Å². The predicted molar refractivity (Wildman–Crippen MR) is 83.6 cm³/mol. The first-order valence-corrected chi connectivity index (χ1v) is 7.54. The summed E-state index contributed by atoms with van der Waals surface area (Å²) in [6.45, 7) is 13.1. The topological polar surface area (TPSA) is 80.4 Å². The number of piperazine rings is 1. The van der Waals surface area contributed by atoms with E-state index in [1.54, 1.807) is 0 Å². The third-order valence-electron chi connectivity index (χ3n) is 3.57. The maximum Gasteiger partial charge on any atom is 0.323 e. The van der Waals surface area contributed by atoms with Crippen LogP contribution < -0.4 is 15.4 Å². The number of hydrogen-bond donors (Lipinski definition) is 1. The molecule has 0 radical (unpaired) electrons. The Morgan fingerprint density at radius 1 is 1.10 bits per heavy atom. The van der Waals surface area contributed by atoms with Crippen molar-refractivity contribution in [3.8, 4) is 6.01 Å². The number of nitrogens with two attached hydrogens (primary N) is 1. The van der Waals surface area contributed by atoms with E-state index in [4.69, 9.17) is 10.5 Å². The minimum Gasteiger partial charge on any atom is -0.463 e. The summed E-state index contributed by atoms with van der Waals surface area (Å²) >= 11 is 0. The molecule has 0 spiro atoms. The van der Waals surface area contributed by atoms with Crippen LogP contribution in [0.1, 0.15) is 34.1 Å². The molecule has 0 amide bonds. The van der Waals surface area contributed by atoms with E-state index in [2.05, 4.69) is 45.5 Å². The van der Waals surface area contributed by atoms with E-state index in [1.165, 1.54) is 0 Å². The van der Waals surface area contributed by atoms with Gasteiger partial charge in [0.2, 0.25) is 11.9 Å². The third-order valence-corrected chi connectivity index (χ3v) is 3.57. The van der Waals surface area contributed by atoms with Crippen LogP contribution in [-0.2, 0) is 0 Å². The predicted octanol–water partition coefficient (Wildman–Crippen LogP) is 1.16. The molecule has 7 nitrogen and oxygen atoms in total. The van der Waals surface area contributed by atoms with Crippen molar-refractivity contribution < 1.29 is 4.74 Å². The molecule has 0 aliphatic carbocycles. The molecule has 0 unspecified atom stereocenters. The Hall–Kier alpha value is -1.63. The van der Waals surface area contributed by atoms with E-state index in [-0.39, 0.29) is 11.5 Å². The van der Waals surface area contributed by atoms with Gasteiger partial charge < -0.3 is 15.4 Å². The van der Waals surface area contributed by atoms with Gasteiger partial charge in [0.1, 0.15) is 0 Å². The second-order valence-corrected chi connectivity index (χ2v) is 6.27. The van der Waals surface area contributed by atoms with Gasteiger partial charge in [-0.1, -0.05) is 6.92 Å². The van der Waals surface area contributed by atoms with Crippen molar-refractivity contribution in [3.63, 3.8) is 0 Å². The second-order valence-electron chi connectivity index (χ2n) is 6.27. The molecule has 1 aromatic heterocycles. The molecule has 0 atom stereocenters. The van der Waals surface area contributed by atoms with Gasteiger partial charge in [0.25, 0.3) is 0 Å². The molecule has 1 aromatic rings. The summed E-state index contributed by atoms with van der Waals surface area (Å²) in [4.78, 5) is 17.2.